The van der Waals surface area contributed by atoms with Crippen LogP contribution in [-0.4, -0.2) is 5.91 Å². The van der Waals surface area contributed by atoms with E-state index in [1.807, 2.05) is 12.1 Å². The lowest BCUT2D eigenvalue weighted by molar-refractivity contribution is 0.103. The Kier molecular flexibility index (Phi) is 5.43. The van der Waals surface area contributed by atoms with Gasteiger partial charge in [-0.3, -0.25) is 4.79 Å². The van der Waals surface area contributed by atoms with Crippen LogP contribution < -0.4 is 10.9 Å². The van der Waals surface area contributed by atoms with Crippen molar-refractivity contribution in [1.82, 2.24) is 0 Å². The summed E-state index contributed by atoms with van der Waals surface area (Å²) < 4.78 is 6.22. The summed E-state index contributed by atoms with van der Waals surface area (Å²) in [5.41, 5.74) is 1.34. The van der Waals surface area contributed by atoms with E-state index < -0.39 is 5.63 Å². The molecule has 0 bridgehead atoms. The SMILES string of the molecule is O=C(Nc1ccc(-c2cc3ccccc3oc2=O)c(Cl)c1)c1sc2cc(Cl)ccc2c1Cl. The summed E-state index contributed by atoms with van der Waals surface area (Å²) in [5, 5.41) is 5.61. The number of anilines is 1. The molecule has 0 aliphatic carbocycles. The fraction of sp³-hybridized carbons (Fsp3) is 0. The van der Waals surface area contributed by atoms with Crippen LogP contribution >= 0.6 is 46.1 Å². The van der Waals surface area contributed by atoms with Crippen molar-refractivity contribution in [2.75, 3.05) is 5.32 Å². The van der Waals surface area contributed by atoms with Crippen molar-refractivity contribution in [1.29, 1.82) is 0 Å². The minimum atomic E-state index is -0.488. The second-order valence-corrected chi connectivity index (χ2v) is 9.29. The molecule has 0 saturated carbocycles. The number of carbonyl (C=O) groups excluding carboxylic acids is 1. The van der Waals surface area contributed by atoms with E-state index in [0.29, 0.717) is 42.3 Å². The number of halogens is 3. The Morgan fingerprint density at radius 2 is 1.72 bits per heavy atom. The highest BCUT2D eigenvalue weighted by atomic mass is 35.5. The van der Waals surface area contributed by atoms with Gasteiger partial charge in [-0.05, 0) is 36.4 Å². The van der Waals surface area contributed by atoms with Crippen LogP contribution in [0.2, 0.25) is 15.1 Å². The van der Waals surface area contributed by atoms with E-state index in [4.69, 9.17) is 39.2 Å². The van der Waals surface area contributed by atoms with Gasteiger partial charge in [-0.25, -0.2) is 4.79 Å². The zero-order valence-electron chi connectivity index (χ0n) is 16.1. The van der Waals surface area contributed by atoms with Crippen LogP contribution in [0.5, 0.6) is 0 Å². The number of hydrogen-bond acceptors (Lipinski definition) is 4. The van der Waals surface area contributed by atoms with Gasteiger partial charge in [-0.2, -0.15) is 0 Å². The standard InChI is InChI=1S/C24H12Cl3NO3S/c25-13-5-7-16-20(10-13)32-22(21(16)27)23(29)28-14-6-8-15(18(26)11-14)17-9-12-3-1-2-4-19(12)31-24(17)30/h1-11H,(H,28,29). The third-order valence-corrected chi connectivity index (χ3v) is 7.16. The number of nitrogens with one attached hydrogen (secondary N) is 1. The Bertz CT molecular complexity index is 1590. The molecule has 4 nitrogen and oxygen atoms in total. The van der Waals surface area contributed by atoms with Gasteiger partial charge in [0.25, 0.3) is 5.91 Å². The van der Waals surface area contributed by atoms with Gasteiger partial charge in [-0.15, -0.1) is 11.3 Å². The fourth-order valence-electron chi connectivity index (χ4n) is 3.43. The Labute approximate surface area is 201 Å². The Balaban J connectivity index is 1.46. The molecule has 2 aromatic heterocycles. The number of hydrogen-bond donors (Lipinski definition) is 1. The molecule has 8 heteroatoms. The summed E-state index contributed by atoms with van der Waals surface area (Å²) in [6, 6.07) is 19.2. The van der Waals surface area contributed by atoms with E-state index in [2.05, 4.69) is 5.32 Å². The molecule has 32 heavy (non-hydrogen) atoms. The van der Waals surface area contributed by atoms with Crippen molar-refractivity contribution in [3.05, 3.63) is 97.1 Å². The molecule has 5 aromatic rings. The fourth-order valence-corrected chi connectivity index (χ4v) is 5.40. The van der Waals surface area contributed by atoms with Gasteiger partial charge in [0.2, 0.25) is 0 Å². The van der Waals surface area contributed by atoms with Crippen molar-refractivity contribution in [3.8, 4) is 11.1 Å². The molecule has 0 atom stereocenters. The van der Waals surface area contributed by atoms with Gasteiger partial charge in [0.05, 0.1) is 15.6 Å². The van der Waals surface area contributed by atoms with E-state index in [-0.39, 0.29) is 5.91 Å². The average Bonchev–Trinajstić information content (AvgIpc) is 3.09. The van der Waals surface area contributed by atoms with E-state index in [0.717, 1.165) is 15.5 Å². The molecule has 1 amide bonds. The van der Waals surface area contributed by atoms with Gasteiger partial charge >= 0.3 is 5.63 Å². The van der Waals surface area contributed by atoms with Gasteiger partial charge in [-0.1, -0.05) is 65.1 Å². The van der Waals surface area contributed by atoms with Crippen molar-refractivity contribution >= 4 is 78.8 Å². The van der Waals surface area contributed by atoms with Crippen LogP contribution in [0.1, 0.15) is 9.67 Å². The summed E-state index contributed by atoms with van der Waals surface area (Å²) >= 11 is 20.2. The number of rotatable bonds is 3. The van der Waals surface area contributed by atoms with Crippen molar-refractivity contribution in [2.24, 2.45) is 0 Å². The highest BCUT2D eigenvalue weighted by molar-refractivity contribution is 7.21. The molecule has 0 aliphatic rings. The van der Waals surface area contributed by atoms with Gasteiger partial charge in [0.15, 0.2) is 0 Å². The number of fused-ring (bicyclic) bond motifs is 2. The number of thiophene rings is 1. The molecule has 0 fully saturated rings. The van der Waals surface area contributed by atoms with E-state index >= 15 is 0 Å². The molecule has 0 spiro atoms. The summed E-state index contributed by atoms with van der Waals surface area (Å²) in [4.78, 5) is 25.7. The van der Waals surface area contributed by atoms with E-state index in [1.165, 1.54) is 11.3 Å². The molecule has 0 saturated heterocycles. The first kappa shape index (κ1) is 21.0. The maximum absolute atomic E-state index is 12.8. The largest absolute Gasteiger partial charge is 0.422 e. The number of carbonyl (C=O) groups is 1. The molecule has 158 valence electrons. The summed E-state index contributed by atoms with van der Waals surface area (Å²) in [6.07, 6.45) is 0. The van der Waals surface area contributed by atoms with E-state index in [9.17, 15) is 9.59 Å². The first-order chi connectivity index (χ1) is 15.4. The van der Waals surface area contributed by atoms with E-state index in [1.54, 1.807) is 54.6 Å². The third kappa shape index (κ3) is 3.78. The quantitative estimate of drug-likeness (QED) is 0.256. The number of para-hydroxylation sites is 1. The van der Waals surface area contributed by atoms with Crippen LogP contribution in [0, 0.1) is 0 Å². The minimum Gasteiger partial charge on any atom is -0.422 e. The average molecular weight is 501 g/mol. The molecule has 5 rings (SSSR count). The second kappa shape index (κ2) is 8.26. The first-order valence-corrected chi connectivity index (χ1v) is 11.4. The van der Waals surface area contributed by atoms with Crippen LogP contribution in [0.3, 0.4) is 0 Å². The Hall–Kier alpha value is -2.83. The lowest BCUT2D eigenvalue weighted by atomic mass is 10.1. The Morgan fingerprint density at radius 3 is 2.53 bits per heavy atom. The second-order valence-electron chi connectivity index (χ2n) is 7.02. The molecule has 3 aromatic carbocycles. The maximum Gasteiger partial charge on any atom is 0.344 e. The van der Waals surface area contributed by atoms with Gasteiger partial charge in [0, 0.05) is 31.7 Å². The first-order valence-electron chi connectivity index (χ1n) is 9.42. The number of benzene rings is 3. The van der Waals surface area contributed by atoms with Crippen LogP contribution in [0.25, 0.3) is 32.2 Å². The number of amides is 1. The zero-order valence-corrected chi connectivity index (χ0v) is 19.2. The van der Waals surface area contributed by atoms with Crippen molar-refractivity contribution < 1.29 is 9.21 Å². The lowest BCUT2D eigenvalue weighted by Gasteiger charge is -2.09. The molecular weight excluding hydrogens is 489 g/mol. The zero-order chi connectivity index (χ0) is 22.4. The highest BCUT2D eigenvalue weighted by Crippen LogP contribution is 2.37. The molecule has 1 N–H and O–H groups in total. The summed E-state index contributed by atoms with van der Waals surface area (Å²) in [7, 11) is 0. The predicted molar refractivity (Wildman–Crippen MR) is 133 cm³/mol. The molecule has 2 heterocycles. The van der Waals surface area contributed by atoms with Crippen LogP contribution in [0.15, 0.2) is 75.9 Å². The predicted octanol–water partition coefficient (Wildman–Crippen LogP) is 7.89. The van der Waals surface area contributed by atoms with Gasteiger partial charge in [0.1, 0.15) is 10.5 Å². The molecule has 0 unspecified atom stereocenters. The third-order valence-electron chi connectivity index (χ3n) is 4.96. The lowest BCUT2D eigenvalue weighted by Crippen LogP contribution is -2.11. The van der Waals surface area contributed by atoms with Crippen molar-refractivity contribution in [2.45, 2.75) is 0 Å². The minimum absolute atomic E-state index is 0.305. The van der Waals surface area contributed by atoms with Crippen LogP contribution in [0.4, 0.5) is 5.69 Å². The molecular formula is C24H12Cl3NO3S. The summed E-state index contributed by atoms with van der Waals surface area (Å²) in [5.74, 6) is -0.360. The smallest absolute Gasteiger partial charge is 0.344 e. The van der Waals surface area contributed by atoms with Crippen LogP contribution in [-0.2, 0) is 0 Å². The topological polar surface area (TPSA) is 59.3 Å². The highest BCUT2D eigenvalue weighted by Gasteiger charge is 2.18. The molecule has 0 radical (unpaired) electrons. The Morgan fingerprint density at radius 1 is 0.906 bits per heavy atom. The normalized spacial score (nSPS) is 11.2. The molecule has 0 aliphatic heterocycles. The van der Waals surface area contributed by atoms with Gasteiger partial charge < -0.3 is 9.73 Å². The van der Waals surface area contributed by atoms with Crippen molar-refractivity contribution in [3.63, 3.8) is 0 Å². The summed E-state index contributed by atoms with van der Waals surface area (Å²) in [6.45, 7) is 0. The monoisotopic (exact) mass is 499 g/mol. The maximum atomic E-state index is 12.8.